The van der Waals surface area contributed by atoms with E-state index in [1.54, 1.807) is 4.90 Å². The predicted octanol–water partition coefficient (Wildman–Crippen LogP) is 1.52. The number of amides is 1. The first-order valence-electron chi connectivity index (χ1n) is 8.54. The Labute approximate surface area is 148 Å². The van der Waals surface area contributed by atoms with Crippen LogP contribution in [0.15, 0.2) is 30.3 Å². The number of carbonyl (C=O) groups excluding carboxylic acids is 2. The second-order valence-electron chi connectivity index (χ2n) is 5.82. The molecule has 7 nitrogen and oxygen atoms in total. The van der Waals surface area contributed by atoms with Crippen molar-refractivity contribution in [1.82, 2.24) is 9.80 Å². The minimum Gasteiger partial charge on any atom is -0.463 e. The van der Waals surface area contributed by atoms with E-state index in [1.165, 1.54) is 6.92 Å². The summed E-state index contributed by atoms with van der Waals surface area (Å²) >= 11 is 0. The summed E-state index contributed by atoms with van der Waals surface area (Å²) in [6.45, 7) is 6.67. The summed E-state index contributed by atoms with van der Waals surface area (Å²) in [7, 11) is 0. The van der Waals surface area contributed by atoms with Crippen molar-refractivity contribution in [3.8, 4) is 0 Å². The molecule has 0 aromatic heterocycles. The Morgan fingerprint density at radius 2 is 1.68 bits per heavy atom. The number of benzene rings is 1. The zero-order chi connectivity index (χ0) is 17.9. The first-order valence-corrected chi connectivity index (χ1v) is 8.54. The SMILES string of the molecule is CC(=O)OCCOCCN1CCN(C(=O)OCc2ccccc2)CC1. The second kappa shape index (κ2) is 10.7. The lowest BCUT2D eigenvalue weighted by molar-refractivity contribution is -0.142. The zero-order valence-electron chi connectivity index (χ0n) is 14.7. The van der Waals surface area contributed by atoms with E-state index in [0.717, 1.165) is 25.2 Å². The minimum absolute atomic E-state index is 0.263. The van der Waals surface area contributed by atoms with Crippen molar-refractivity contribution in [1.29, 1.82) is 0 Å². The molecular formula is C18H26N2O5. The molecule has 1 aliphatic rings. The standard InChI is InChI=1S/C18H26N2O5/c1-16(21)24-14-13-23-12-11-19-7-9-20(10-8-19)18(22)25-15-17-5-3-2-4-6-17/h2-6H,7-15H2,1H3. The van der Waals surface area contributed by atoms with Gasteiger partial charge in [0, 0.05) is 39.6 Å². The fraction of sp³-hybridized carbons (Fsp3) is 0.556. The summed E-state index contributed by atoms with van der Waals surface area (Å²) in [6.07, 6.45) is -0.263. The maximum absolute atomic E-state index is 12.1. The van der Waals surface area contributed by atoms with Gasteiger partial charge in [0.1, 0.15) is 13.2 Å². The van der Waals surface area contributed by atoms with E-state index < -0.39 is 0 Å². The molecule has 0 atom stereocenters. The Morgan fingerprint density at radius 3 is 2.36 bits per heavy atom. The maximum Gasteiger partial charge on any atom is 0.410 e. The summed E-state index contributed by atoms with van der Waals surface area (Å²) in [5.41, 5.74) is 0.986. The van der Waals surface area contributed by atoms with Gasteiger partial charge in [-0.15, -0.1) is 0 Å². The van der Waals surface area contributed by atoms with E-state index >= 15 is 0 Å². The average Bonchev–Trinajstić information content (AvgIpc) is 2.63. The quantitative estimate of drug-likeness (QED) is 0.523. The molecule has 0 N–H and O–H groups in total. The Bertz CT molecular complexity index is 530. The van der Waals surface area contributed by atoms with Crippen LogP contribution >= 0.6 is 0 Å². The third-order valence-corrected chi connectivity index (χ3v) is 3.92. The number of esters is 1. The molecule has 7 heteroatoms. The van der Waals surface area contributed by atoms with Gasteiger partial charge in [-0.05, 0) is 5.56 Å². The van der Waals surface area contributed by atoms with Gasteiger partial charge < -0.3 is 19.1 Å². The lowest BCUT2D eigenvalue weighted by Crippen LogP contribution is -2.49. The number of hydrogen-bond donors (Lipinski definition) is 0. The molecule has 0 saturated carbocycles. The molecule has 0 bridgehead atoms. The van der Waals surface area contributed by atoms with Gasteiger partial charge in [-0.25, -0.2) is 4.79 Å². The zero-order valence-corrected chi connectivity index (χ0v) is 14.7. The summed E-state index contributed by atoms with van der Waals surface area (Å²) < 4.78 is 15.6. The number of hydrogen-bond acceptors (Lipinski definition) is 6. The summed E-state index contributed by atoms with van der Waals surface area (Å²) in [6, 6.07) is 9.66. The second-order valence-corrected chi connectivity index (χ2v) is 5.82. The summed E-state index contributed by atoms with van der Waals surface area (Å²) in [5, 5.41) is 0. The van der Waals surface area contributed by atoms with Gasteiger partial charge in [0.05, 0.1) is 13.2 Å². The topological polar surface area (TPSA) is 68.3 Å². The van der Waals surface area contributed by atoms with Crippen molar-refractivity contribution in [2.45, 2.75) is 13.5 Å². The molecule has 0 radical (unpaired) electrons. The summed E-state index contributed by atoms with van der Waals surface area (Å²) in [5.74, 6) is -0.293. The first kappa shape index (κ1) is 19.2. The molecule has 1 aromatic rings. The largest absolute Gasteiger partial charge is 0.463 e. The third kappa shape index (κ3) is 7.53. The number of rotatable bonds is 8. The molecule has 1 aliphatic heterocycles. The molecule has 0 spiro atoms. The van der Waals surface area contributed by atoms with E-state index in [9.17, 15) is 9.59 Å². The van der Waals surface area contributed by atoms with Crippen molar-refractivity contribution >= 4 is 12.1 Å². The Kier molecular flexibility index (Phi) is 8.21. The normalized spacial score (nSPS) is 15.0. The van der Waals surface area contributed by atoms with Crippen molar-refractivity contribution in [3.63, 3.8) is 0 Å². The van der Waals surface area contributed by atoms with Crippen LogP contribution in [0.2, 0.25) is 0 Å². The van der Waals surface area contributed by atoms with Crippen LogP contribution in [0.5, 0.6) is 0 Å². The molecule has 1 saturated heterocycles. The van der Waals surface area contributed by atoms with Crippen LogP contribution in [0.1, 0.15) is 12.5 Å². The molecule has 1 fully saturated rings. The third-order valence-electron chi connectivity index (χ3n) is 3.92. The van der Waals surface area contributed by atoms with Gasteiger partial charge in [-0.3, -0.25) is 9.69 Å². The van der Waals surface area contributed by atoms with Crippen LogP contribution in [-0.4, -0.2) is 74.4 Å². The molecule has 0 unspecified atom stereocenters. The molecule has 1 amide bonds. The predicted molar refractivity (Wildman–Crippen MR) is 92.1 cm³/mol. The van der Waals surface area contributed by atoms with Crippen molar-refractivity contribution in [2.24, 2.45) is 0 Å². The Hall–Kier alpha value is -2.12. The van der Waals surface area contributed by atoms with Gasteiger partial charge in [-0.1, -0.05) is 30.3 Å². The highest BCUT2D eigenvalue weighted by Gasteiger charge is 2.21. The van der Waals surface area contributed by atoms with Gasteiger partial charge >= 0.3 is 12.1 Å². The lowest BCUT2D eigenvalue weighted by Gasteiger charge is -2.33. The number of carbonyl (C=O) groups is 2. The highest BCUT2D eigenvalue weighted by molar-refractivity contribution is 5.67. The Morgan fingerprint density at radius 1 is 0.960 bits per heavy atom. The summed E-state index contributed by atoms with van der Waals surface area (Å²) in [4.78, 5) is 26.7. The van der Waals surface area contributed by atoms with Gasteiger partial charge in [0.15, 0.2) is 0 Å². The van der Waals surface area contributed by atoms with Crippen LogP contribution in [0.4, 0.5) is 4.79 Å². The Balaban J connectivity index is 1.55. The van der Waals surface area contributed by atoms with Gasteiger partial charge in [0.25, 0.3) is 0 Å². The number of nitrogens with zero attached hydrogens (tertiary/aromatic N) is 2. The first-order chi connectivity index (χ1) is 12.1. The van der Waals surface area contributed by atoms with Crippen LogP contribution in [0.3, 0.4) is 0 Å². The van der Waals surface area contributed by atoms with E-state index in [0.29, 0.717) is 32.9 Å². The maximum atomic E-state index is 12.1. The van der Waals surface area contributed by atoms with E-state index in [4.69, 9.17) is 14.2 Å². The molecule has 25 heavy (non-hydrogen) atoms. The van der Waals surface area contributed by atoms with Crippen LogP contribution < -0.4 is 0 Å². The minimum atomic E-state index is -0.293. The fourth-order valence-electron chi connectivity index (χ4n) is 2.50. The number of piperazine rings is 1. The van der Waals surface area contributed by atoms with Crippen molar-refractivity contribution in [2.75, 3.05) is 52.5 Å². The molecule has 1 heterocycles. The fourth-order valence-corrected chi connectivity index (χ4v) is 2.50. The van der Waals surface area contributed by atoms with Crippen molar-refractivity contribution < 1.29 is 23.8 Å². The van der Waals surface area contributed by atoms with Crippen LogP contribution in [-0.2, 0) is 25.6 Å². The highest BCUT2D eigenvalue weighted by atomic mass is 16.6. The van der Waals surface area contributed by atoms with Crippen molar-refractivity contribution in [3.05, 3.63) is 35.9 Å². The van der Waals surface area contributed by atoms with E-state index in [1.807, 2.05) is 30.3 Å². The van der Waals surface area contributed by atoms with Crippen LogP contribution in [0, 0.1) is 0 Å². The average molecular weight is 350 g/mol. The molecular weight excluding hydrogens is 324 g/mol. The molecule has 0 aliphatic carbocycles. The highest BCUT2D eigenvalue weighted by Crippen LogP contribution is 2.06. The molecule has 138 valence electrons. The lowest BCUT2D eigenvalue weighted by atomic mass is 10.2. The van der Waals surface area contributed by atoms with E-state index in [2.05, 4.69) is 4.90 Å². The van der Waals surface area contributed by atoms with Gasteiger partial charge in [-0.2, -0.15) is 0 Å². The number of ether oxygens (including phenoxy) is 3. The monoisotopic (exact) mass is 350 g/mol. The molecule has 2 rings (SSSR count). The van der Waals surface area contributed by atoms with Gasteiger partial charge in [0.2, 0.25) is 0 Å². The smallest absolute Gasteiger partial charge is 0.410 e. The molecule has 1 aromatic carbocycles. The van der Waals surface area contributed by atoms with Crippen LogP contribution in [0.25, 0.3) is 0 Å². The van der Waals surface area contributed by atoms with E-state index in [-0.39, 0.29) is 18.7 Å².